The summed E-state index contributed by atoms with van der Waals surface area (Å²) in [5.74, 6) is 0. The summed E-state index contributed by atoms with van der Waals surface area (Å²) >= 11 is 0. The Morgan fingerprint density at radius 2 is 1.88 bits per heavy atom. The van der Waals surface area contributed by atoms with Crippen molar-refractivity contribution in [1.82, 2.24) is 10.2 Å². The summed E-state index contributed by atoms with van der Waals surface area (Å²) in [4.78, 5) is 2.39. The van der Waals surface area contributed by atoms with Gasteiger partial charge in [0, 0.05) is 26.3 Å². The molecule has 1 saturated heterocycles. The minimum Gasteiger partial charge on any atom is -0.379 e. The Hall–Kier alpha value is -0.900. The van der Waals surface area contributed by atoms with E-state index in [1.807, 2.05) is 0 Å². The molecule has 1 aliphatic heterocycles. The molecule has 88 valence electrons. The van der Waals surface area contributed by atoms with E-state index in [-0.39, 0.29) is 0 Å². The highest BCUT2D eigenvalue weighted by Crippen LogP contribution is 2.02. The van der Waals surface area contributed by atoms with Crippen LogP contribution < -0.4 is 5.32 Å². The Kier molecular flexibility index (Phi) is 4.34. The van der Waals surface area contributed by atoms with Crippen LogP contribution in [0.4, 0.5) is 0 Å². The monoisotopic (exact) mass is 220 g/mol. The minimum absolute atomic E-state index is 0.867. The van der Waals surface area contributed by atoms with Gasteiger partial charge in [-0.25, -0.2) is 0 Å². The van der Waals surface area contributed by atoms with Gasteiger partial charge in [0.15, 0.2) is 0 Å². The van der Waals surface area contributed by atoms with Crippen LogP contribution in [0.25, 0.3) is 0 Å². The Morgan fingerprint density at radius 1 is 1.19 bits per heavy atom. The van der Waals surface area contributed by atoms with E-state index in [1.54, 1.807) is 0 Å². The number of ether oxygens (including phenoxy) is 1. The Bertz CT molecular complexity index is 304. The zero-order valence-corrected chi connectivity index (χ0v) is 9.91. The van der Waals surface area contributed by atoms with Crippen molar-refractivity contribution in [1.29, 1.82) is 0 Å². The molecule has 0 saturated carbocycles. The Balaban J connectivity index is 1.69. The van der Waals surface area contributed by atoms with Gasteiger partial charge in [0.05, 0.1) is 13.2 Å². The lowest BCUT2D eigenvalue weighted by Crippen LogP contribution is -2.41. The average Bonchev–Trinajstić information content (AvgIpc) is 2.33. The molecular formula is C13H20N2O. The molecule has 0 spiro atoms. The molecule has 3 nitrogen and oxygen atoms in total. The Labute approximate surface area is 97.4 Å². The second-order valence-corrected chi connectivity index (χ2v) is 4.30. The molecule has 0 radical (unpaired) electrons. The standard InChI is InChI=1S/C13H20N2O/c1-12-2-4-13(5-3-12)10-14-11-15-6-8-16-9-7-15/h2-5,14H,6-11H2,1H3. The number of aryl methyl sites for hydroxylation is 1. The van der Waals surface area contributed by atoms with Crippen molar-refractivity contribution in [3.8, 4) is 0 Å². The van der Waals surface area contributed by atoms with Gasteiger partial charge >= 0.3 is 0 Å². The largest absolute Gasteiger partial charge is 0.379 e. The molecule has 3 heteroatoms. The first-order valence-corrected chi connectivity index (χ1v) is 5.91. The second kappa shape index (κ2) is 5.99. The van der Waals surface area contributed by atoms with Crippen LogP contribution in [0, 0.1) is 6.92 Å². The molecule has 1 heterocycles. The summed E-state index contributed by atoms with van der Waals surface area (Å²) in [5.41, 5.74) is 2.66. The predicted molar refractivity (Wildman–Crippen MR) is 65.3 cm³/mol. The molecular weight excluding hydrogens is 200 g/mol. The van der Waals surface area contributed by atoms with E-state index in [9.17, 15) is 0 Å². The molecule has 1 fully saturated rings. The zero-order valence-electron chi connectivity index (χ0n) is 9.91. The summed E-state index contributed by atoms with van der Waals surface area (Å²) in [6.45, 7) is 7.83. The zero-order chi connectivity index (χ0) is 11.2. The van der Waals surface area contributed by atoms with Crippen LogP contribution >= 0.6 is 0 Å². The molecule has 0 aliphatic carbocycles. The lowest BCUT2D eigenvalue weighted by Gasteiger charge is -2.26. The molecule has 1 N–H and O–H groups in total. The fourth-order valence-electron chi connectivity index (χ4n) is 1.82. The fourth-order valence-corrected chi connectivity index (χ4v) is 1.82. The van der Waals surface area contributed by atoms with Gasteiger partial charge in [-0.05, 0) is 12.5 Å². The molecule has 2 rings (SSSR count). The van der Waals surface area contributed by atoms with Crippen LogP contribution in [-0.2, 0) is 11.3 Å². The summed E-state index contributed by atoms with van der Waals surface area (Å²) in [6, 6.07) is 8.68. The maximum absolute atomic E-state index is 5.31. The third kappa shape index (κ3) is 3.59. The van der Waals surface area contributed by atoms with Gasteiger partial charge in [-0.3, -0.25) is 4.90 Å². The summed E-state index contributed by atoms with van der Waals surface area (Å²) in [6.07, 6.45) is 0. The first kappa shape index (κ1) is 11.6. The number of morpholine rings is 1. The van der Waals surface area contributed by atoms with Crippen LogP contribution in [0.2, 0.25) is 0 Å². The summed E-state index contributed by atoms with van der Waals surface area (Å²) in [7, 11) is 0. The first-order chi connectivity index (χ1) is 7.84. The van der Waals surface area contributed by atoms with Crippen molar-refractivity contribution in [3.05, 3.63) is 35.4 Å². The van der Waals surface area contributed by atoms with Gasteiger partial charge < -0.3 is 10.1 Å². The van der Waals surface area contributed by atoms with E-state index >= 15 is 0 Å². The van der Waals surface area contributed by atoms with Crippen molar-refractivity contribution >= 4 is 0 Å². The van der Waals surface area contributed by atoms with Gasteiger partial charge in [-0.15, -0.1) is 0 Å². The second-order valence-electron chi connectivity index (χ2n) is 4.30. The maximum Gasteiger partial charge on any atom is 0.0594 e. The van der Waals surface area contributed by atoms with Crippen molar-refractivity contribution < 1.29 is 4.74 Å². The predicted octanol–water partition coefficient (Wildman–Crippen LogP) is 1.37. The van der Waals surface area contributed by atoms with Crippen LogP contribution in [0.15, 0.2) is 24.3 Å². The van der Waals surface area contributed by atoms with E-state index in [0.717, 1.165) is 39.5 Å². The highest BCUT2D eigenvalue weighted by molar-refractivity contribution is 5.20. The van der Waals surface area contributed by atoms with Crippen LogP contribution in [0.1, 0.15) is 11.1 Å². The third-order valence-electron chi connectivity index (χ3n) is 2.89. The van der Waals surface area contributed by atoms with Crippen molar-refractivity contribution in [2.24, 2.45) is 0 Å². The van der Waals surface area contributed by atoms with Crippen LogP contribution in [0.3, 0.4) is 0 Å². The number of nitrogens with zero attached hydrogens (tertiary/aromatic N) is 1. The van der Waals surface area contributed by atoms with Gasteiger partial charge in [0.1, 0.15) is 0 Å². The molecule has 0 atom stereocenters. The smallest absolute Gasteiger partial charge is 0.0594 e. The molecule has 1 aromatic carbocycles. The lowest BCUT2D eigenvalue weighted by atomic mass is 10.1. The van der Waals surface area contributed by atoms with E-state index in [1.165, 1.54) is 11.1 Å². The number of rotatable bonds is 4. The maximum atomic E-state index is 5.31. The van der Waals surface area contributed by atoms with Crippen LogP contribution in [0.5, 0.6) is 0 Å². The molecule has 0 unspecified atom stereocenters. The van der Waals surface area contributed by atoms with E-state index in [2.05, 4.69) is 41.4 Å². The van der Waals surface area contributed by atoms with E-state index in [0.29, 0.717) is 0 Å². The van der Waals surface area contributed by atoms with Gasteiger partial charge in [0.25, 0.3) is 0 Å². The highest BCUT2D eigenvalue weighted by atomic mass is 16.5. The highest BCUT2D eigenvalue weighted by Gasteiger charge is 2.08. The number of hydrogen-bond acceptors (Lipinski definition) is 3. The molecule has 1 aliphatic rings. The quantitative estimate of drug-likeness (QED) is 0.829. The minimum atomic E-state index is 0.867. The first-order valence-electron chi connectivity index (χ1n) is 5.91. The molecule has 16 heavy (non-hydrogen) atoms. The summed E-state index contributed by atoms with van der Waals surface area (Å²) < 4.78 is 5.31. The number of nitrogens with one attached hydrogen (secondary N) is 1. The topological polar surface area (TPSA) is 24.5 Å². The number of hydrogen-bond donors (Lipinski definition) is 1. The van der Waals surface area contributed by atoms with Gasteiger partial charge in [-0.2, -0.15) is 0 Å². The van der Waals surface area contributed by atoms with Gasteiger partial charge in [-0.1, -0.05) is 29.8 Å². The lowest BCUT2D eigenvalue weighted by molar-refractivity contribution is 0.0340. The van der Waals surface area contributed by atoms with Gasteiger partial charge in [0.2, 0.25) is 0 Å². The van der Waals surface area contributed by atoms with E-state index in [4.69, 9.17) is 4.74 Å². The summed E-state index contributed by atoms with van der Waals surface area (Å²) in [5, 5.41) is 3.46. The van der Waals surface area contributed by atoms with Crippen molar-refractivity contribution in [2.75, 3.05) is 33.0 Å². The van der Waals surface area contributed by atoms with Crippen molar-refractivity contribution in [3.63, 3.8) is 0 Å². The average molecular weight is 220 g/mol. The molecule has 1 aromatic rings. The third-order valence-corrected chi connectivity index (χ3v) is 2.89. The van der Waals surface area contributed by atoms with E-state index < -0.39 is 0 Å². The molecule has 0 bridgehead atoms. The number of benzene rings is 1. The molecule has 0 aromatic heterocycles. The normalized spacial score (nSPS) is 17.6. The molecule has 0 amide bonds. The van der Waals surface area contributed by atoms with Crippen molar-refractivity contribution in [2.45, 2.75) is 13.5 Å². The van der Waals surface area contributed by atoms with Crippen LogP contribution in [-0.4, -0.2) is 37.9 Å². The Morgan fingerprint density at radius 3 is 2.56 bits per heavy atom. The fraction of sp³-hybridized carbons (Fsp3) is 0.538. The SMILES string of the molecule is Cc1ccc(CNCN2CCOCC2)cc1.